The van der Waals surface area contributed by atoms with Crippen LogP contribution in [0.1, 0.15) is 24.6 Å². The van der Waals surface area contributed by atoms with Gasteiger partial charge in [0.15, 0.2) is 0 Å². The summed E-state index contributed by atoms with van der Waals surface area (Å²) in [6.45, 7) is 3.06. The van der Waals surface area contributed by atoms with E-state index in [4.69, 9.17) is 10.5 Å². The number of aryl methyl sites for hydroxylation is 1. The maximum Gasteiger partial charge on any atom is 0.263 e. The van der Waals surface area contributed by atoms with Crippen LogP contribution in [-0.4, -0.2) is 37.7 Å². The third-order valence-corrected chi connectivity index (χ3v) is 4.35. The molecule has 0 spiro atoms. The van der Waals surface area contributed by atoms with Crippen LogP contribution < -0.4 is 11.3 Å². The molecule has 124 valence electrons. The molecule has 0 bridgehead atoms. The van der Waals surface area contributed by atoms with Crippen LogP contribution in [0.4, 0.5) is 5.95 Å². The molecule has 0 radical (unpaired) electrons. The van der Waals surface area contributed by atoms with E-state index in [0.717, 1.165) is 30.5 Å². The van der Waals surface area contributed by atoms with Crippen LogP contribution in [0.25, 0.3) is 22.4 Å². The van der Waals surface area contributed by atoms with Crippen molar-refractivity contribution >= 4 is 17.0 Å². The quantitative estimate of drug-likeness (QED) is 0.736. The number of H-pyrrole nitrogens is 1. The van der Waals surface area contributed by atoms with E-state index in [-0.39, 0.29) is 17.5 Å². The molecular formula is C16H18N6O2. The lowest BCUT2D eigenvalue weighted by Gasteiger charge is -2.26. The third kappa shape index (κ3) is 2.35. The van der Waals surface area contributed by atoms with Crippen molar-refractivity contribution in [1.82, 2.24) is 24.5 Å². The number of aromatic nitrogens is 5. The molecule has 0 aromatic carbocycles. The highest BCUT2D eigenvalue weighted by atomic mass is 16.5. The van der Waals surface area contributed by atoms with Gasteiger partial charge in [-0.3, -0.25) is 9.36 Å². The molecule has 1 unspecified atom stereocenters. The monoisotopic (exact) mass is 326 g/mol. The van der Waals surface area contributed by atoms with Crippen LogP contribution in [0.5, 0.6) is 0 Å². The van der Waals surface area contributed by atoms with Crippen molar-refractivity contribution in [3.05, 3.63) is 34.5 Å². The van der Waals surface area contributed by atoms with Crippen molar-refractivity contribution in [1.29, 1.82) is 0 Å². The van der Waals surface area contributed by atoms with E-state index in [0.29, 0.717) is 23.6 Å². The summed E-state index contributed by atoms with van der Waals surface area (Å²) in [5.41, 5.74) is 7.45. The summed E-state index contributed by atoms with van der Waals surface area (Å²) >= 11 is 0. The predicted molar refractivity (Wildman–Crippen MR) is 89.6 cm³/mol. The Hall–Kier alpha value is -2.74. The minimum Gasteiger partial charge on any atom is -0.379 e. The van der Waals surface area contributed by atoms with Crippen LogP contribution >= 0.6 is 0 Å². The molecule has 4 rings (SSSR count). The van der Waals surface area contributed by atoms with Crippen molar-refractivity contribution < 1.29 is 4.74 Å². The van der Waals surface area contributed by atoms with Crippen molar-refractivity contribution in [3.63, 3.8) is 0 Å². The summed E-state index contributed by atoms with van der Waals surface area (Å²) in [6, 6.07) is 1.71. The summed E-state index contributed by atoms with van der Waals surface area (Å²) in [5, 5.41) is 0.792. The van der Waals surface area contributed by atoms with Gasteiger partial charge in [0.25, 0.3) is 5.56 Å². The van der Waals surface area contributed by atoms with Gasteiger partial charge in [0.05, 0.1) is 23.9 Å². The van der Waals surface area contributed by atoms with E-state index in [2.05, 4.69) is 19.9 Å². The number of hydrogen-bond donors (Lipinski definition) is 2. The lowest BCUT2D eigenvalue weighted by atomic mass is 10.1. The minimum absolute atomic E-state index is 0.0719. The molecule has 24 heavy (non-hydrogen) atoms. The molecule has 0 amide bonds. The van der Waals surface area contributed by atoms with Gasteiger partial charge in [-0.05, 0) is 25.8 Å². The van der Waals surface area contributed by atoms with Crippen molar-refractivity contribution in [2.24, 2.45) is 0 Å². The summed E-state index contributed by atoms with van der Waals surface area (Å²) in [5.74, 6) is 0.694. The molecule has 8 nitrogen and oxygen atoms in total. The van der Waals surface area contributed by atoms with Gasteiger partial charge in [-0.1, -0.05) is 0 Å². The first-order valence-electron chi connectivity index (χ1n) is 7.92. The van der Waals surface area contributed by atoms with Crippen LogP contribution in [0, 0.1) is 6.92 Å². The Kier molecular flexibility index (Phi) is 3.53. The number of nitrogen functional groups attached to an aromatic ring is 1. The second-order valence-corrected chi connectivity index (χ2v) is 5.95. The number of aromatic amines is 1. The van der Waals surface area contributed by atoms with E-state index < -0.39 is 0 Å². The van der Waals surface area contributed by atoms with Crippen LogP contribution in [0.15, 0.2) is 23.3 Å². The number of nitrogens with zero attached hydrogens (tertiary/aromatic N) is 4. The second-order valence-electron chi connectivity index (χ2n) is 5.95. The topological polar surface area (TPSA) is 112 Å². The molecule has 1 aliphatic rings. The number of nitrogens with two attached hydrogens (primary N) is 1. The first-order chi connectivity index (χ1) is 11.6. The Morgan fingerprint density at radius 3 is 3.00 bits per heavy atom. The van der Waals surface area contributed by atoms with E-state index in [9.17, 15) is 4.79 Å². The molecule has 3 aromatic heterocycles. The normalized spacial score (nSPS) is 18.1. The Morgan fingerprint density at radius 2 is 2.29 bits per heavy atom. The van der Waals surface area contributed by atoms with E-state index in [1.54, 1.807) is 23.0 Å². The summed E-state index contributed by atoms with van der Waals surface area (Å²) in [4.78, 5) is 28.9. The summed E-state index contributed by atoms with van der Waals surface area (Å²) < 4.78 is 7.27. The zero-order valence-electron chi connectivity index (χ0n) is 13.3. The molecule has 1 aliphatic heterocycles. The highest BCUT2D eigenvalue weighted by molar-refractivity contribution is 5.83. The first-order valence-corrected chi connectivity index (χ1v) is 7.92. The SMILES string of the molecule is Cc1nc(N)nc2c1cc(-c1ncc[nH]1)c(=O)n2C1CCCOC1. The Balaban J connectivity index is 2.06. The number of pyridine rings is 1. The summed E-state index contributed by atoms with van der Waals surface area (Å²) in [7, 11) is 0. The molecule has 3 aromatic rings. The number of rotatable bonds is 2. The van der Waals surface area contributed by atoms with Crippen LogP contribution in [0.3, 0.4) is 0 Å². The number of fused-ring (bicyclic) bond motifs is 1. The van der Waals surface area contributed by atoms with Gasteiger partial charge in [0.1, 0.15) is 11.5 Å². The number of ether oxygens (including phenoxy) is 1. The minimum atomic E-state index is -0.148. The highest BCUT2D eigenvalue weighted by Crippen LogP contribution is 2.26. The average Bonchev–Trinajstić information content (AvgIpc) is 3.09. The zero-order valence-corrected chi connectivity index (χ0v) is 13.3. The molecule has 3 N–H and O–H groups in total. The van der Waals surface area contributed by atoms with Crippen molar-refractivity contribution in [3.8, 4) is 11.4 Å². The fourth-order valence-corrected chi connectivity index (χ4v) is 3.22. The maximum atomic E-state index is 13.1. The molecule has 0 aliphatic carbocycles. The van der Waals surface area contributed by atoms with Gasteiger partial charge in [-0.25, -0.2) is 9.97 Å². The molecule has 4 heterocycles. The highest BCUT2D eigenvalue weighted by Gasteiger charge is 2.23. The number of hydrogen-bond acceptors (Lipinski definition) is 6. The Labute approximate surface area is 137 Å². The molecule has 8 heteroatoms. The number of anilines is 1. The van der Waals surface area contributed by atoms with Gasteiger partial charge in [0.2, 0.25) is 5.95 Å². The largest absolute Gasteiger partial charge is 0.379 e. The first kappa shape index (κ1) is 14.8. The fraction of sp³-hybridized carbons (Fsp3) is 0.375. The van der Waals surface area contributed by atoms with Crippen LogP contribution in [0.2, 0.25) is 0 Å². The van der Waals surface area contributed by atoms with E-state index in [1.807, 2.05) is 6.92 Å². The summed E-state index contributed by atoms with van der Waals surface area (Å²) in [6.07, 6.45) is 5.08. The van der Waals surface area contributed by atoms with Crippen LogP contribution in [-0.2, 0) is 4.74 Å². The number of imidazole rings is 1. The fourth-order valence-electron chi connectivity index (χ4n) is 3.22. The molecule has 1 fully saturated rings. The molecule has 1 saturated heterocycles. The zero-order chi connectivity index (χ0) is 16.7. The van der Waals surface area contributed by atoms with Gasteiger partial charge >= 0.3 is 0 Å². The van der Waals surface area contributed by atoms with Gasteiger partial charge in [0, 0.05) is 24.4 Å². The lowest BCUT2D eigenvalue weighted by molar-refractivity contribution is 0.0594. The molecular weight excluding hydrogens is 308 g/mol. The van der Waals surface area contributed by atoms with Crippen molar-refractivity contribution in [2.45, 2.75) is 25.8 Å². The van der Waals surface area contributed by atoms with Gasteiger partial charge in [-0.2, -0.15) is 4.98 Å². The van der Waals surface area contributed by atoms with Crippen molar-refractivity contribution in [2.75, 3.05) is 18.9 Å². The Morgan fingerprint density at radius 1 is 1.42 bits per heavy atom. The van der Waals surface area contributed by atoms with Gasteiger partial charge < -0.3 is 15.5 Å². The average molecular weight is 326 g/mol. The predicted octanol–water partition coefficient (Wildman–Crippen LogP) is 1.42. The molecule has 1 atom stereocenters. The maximum absolute atomic E-state index is 13.1. The number of nitrogens with one attached hydrogen (secondary N) is 1. The smallest absolute Gasteiger partial charge is 0.263 e. The third-order valence-electron chi connectivity index (χ3n) is 4.35. The lowest BCUT2D eigenvalue weighted by Crippen LogP contribution is -2.32. The molecule has 0 saturated carbocycles. The standard InChI is InChI=1S/C16H18N6O2/c1-9-11-7-12(13-18-4-5-19-13)15(23)22(10-3-2-6-24-8-10)14(11)21-16(17)20-9/h4-5,7,10H,2-3,6,8H2,1H3,(H,18,19)(H2,17,20,21). The van der Waals surface area contributed by atoms with Gasteiger partial charge in [-0.15, -0.1) is 0 Å². The second kappa shape index (κ2) is 5.72. The Bertz CT molecular complexity index is 941. The van der Waals surface area contributed by atoms with E-state index in [1.165, 1.54) is 0 Å². The van der Waals surface area contributed by atoms with E-state index >= 15 is 0 Å².